The molecular formula is C23H20N2O6S2. The van der Waals surface area contributed by atoms with Crippen molar-refractivity contribution in [3.63, 3.8) is 0 Å². The quantitative estimate of drug-likeness (QED) is 0.144. The molecule has 0 heterocycles. The maximum Gasteiger partial charge on any atom is 0.306 e. The van der Waals surface area contributed by atoms with Crippen molar-refractivity contribution in [1.82, 2.24) is 0 Å². The molecule has 8 nitrogen and oxygen atoms in total. The Hall–Kier alpha value is -3.47. The van der Waals surface area contributed by atoms with Crippen LogP contribution in [0.2, 0.25) is 0 Å². The van der Waals surface area contributed by atoms with Crippen LogP contribution in [-0.4, -0.2) is 27.4 Å². The van der Waals surface area contributed by atoms with E-state index in [0.717, 1.165) is 21.6 Å². The Labute approximate surface area is 199 Å². The number of terminal acetylenes is 1. The van der Waals surface area contributed by atoms with Gasteiger partial charge in [-0.1, -0.05) is 47.0 Å². The van der Waals surface area contributed by atoms with Gasteiger partial charge in [0.2, 0.25) is 5.12 Å². The summed E-state index contributed by atoms with van der Waals surface area (Å²) in [5.74, 6) is 1.99. The van der Waals surface area contributed by atoms with Crippen molar-refractivity contribution in [3.8, 4) is 24.2 Å². The number of hydrogen-bond donors (Lipinski definition) is 0. The van der Waals surface area contributed by atoms with E-state index < -0.39 is 15.6 Å². The molecule has 0 aliphatic carbocycles. The van der Waals surface area contributed by atoms with Crippen LogP contribution in [0.3, 0.4) is 0 Å². The lowest BCUT2D eigenvalue weighted by Crippen LogP contribution is -2.19. The van der Waals surface area contributed by atoms with E-state index >= 15 is 0 Å². The van der Waals surface area contributed by atoms with Crippen LogP contribution in [0.25, 0.3) is 0 Å². The molecule has 33 heavy (non-hydrogen) atoms. The third-order valence-electron chi connectivity index (χ3n) is 4.31. The Morgan fingerprint density at radius 2 is 1.97 bits per heavy atom. The highest BCUT2D eigenvalue weighted by molar-refractivity contribution is 8.82. The van der Waals surface area contributed by atoms with Crippen molar-refractivity contribution in [2.75, 3.05) is 6.61 Å². The predicted octanol–water partition coefficient (Wildman–Crippen LogP) is 4.93. The minimum Gasteiger partial charge on any atom is -0.481 e. The van der Waals surface area contributed by atoms with Crippen molar-refractivity contribution in [2.45, 2.75) is 31.1 Å². The summed E-state index contributed by atoms with van der Waals surface area (Å²) in [6.45, 7) is 1.29. The summed E-state index contributed by atoms with van der Waals surface area (Å²) in [6, 6.07) is 14.8. The highest BCUT2D eigenvalue weighted by atomic mass is 33.1. The molecule has 0 bridgehead atoms. The number of nitro benzene ring substituents is 1. The van der Waals surface area contributed by atoms with Crippen LogP contribution in [0, 0.1) is 33.8 Å². The Kier molecular flexibility index (Phi) is 9.80. The van der Waals surface area contributed by atoms with Crippen LogP contribution in [0.4, 0.5) is 5.69 Å². The van der Waals surface area contributed by atoms with Gasteiger partial charge in [-0.25, -0.2) is 0 Å². The van der Waals surface area contributed by atoms with Crippen molar-refractivity contribution >= 4 is 38.4 Å². The van der Waals surface area contributed by atoms with E-state index in [9.17, 15) is 25.0 Å². The van der Waals surface area contributed by atoms with Gasteiger partial charge in [-0.3, -0.25) is 19.7 Å². The second kappa shape index (κ2) is 12.5. The summed E-state index contributed by atoms with van der Waals surface area (Å²) in [7, 11) is 2.01. The van der Waals surface area contributed by atoms with E-state index in [1.165, 1.54) is 18.2 Å². The summed E-state index contributed by atoms with van der Waals surface area (Å²) in [4.78, 5) is 35.1. The Bertz CT molecular complexity index is 1090. The lowest BCUT2D eigenvalue weighted by atomic mass is 10.1. The van der Waals surface area contributed by atoms with Crippen LogP contribution in [0.15, 0.2) is 48.5 Å². The molecular weight excluding hydrogens is 464 g/mol. The standard InChI is InChI=1S/C23H20N2O6S2/c1-3-13-30-19-9-10-20(25(28)29)18(14-19)15-31-21(26)11-12-23(2,16-24)33-32-22(27)17-7-5-4-6-8-17/h1,4-10,14H,11-13,15H2,2H3. The first-order valence-electron chi connectivity index (χ1n) is 9.63. The van der Waals surface area contributed by atoms with Gasteiger partial charge >= 0.3 is 5.97 Å². The summed E-state index contributed by atoms with van der Waals surface area (Å²) in [5.41, 5.74) is 0.457. The molecule has 1 atom stereocenters. The zero-order valence-electron chi connectivity index (χ0n) is 17.7. The molecule has 0 saturated heterocycles. The van der Waals surface area contributed by atoms with Crippen molar-refractivity contribution in [2.24, 2.45) is 0 Å². The second-order valence-electron chi connectivity index (χ2n) is 6.86. The molecule has 2 aromatic carbocycles. The van der Waals surface area contributed by atoms with Gasteiger partial charge < -0.3 is 9.47 Å². The van der Waals surface area contributed by atoms with Gasteiger partial charge in [-0.15, -0.1) is 6.42 Å². The van der Waals surface area contributed by atoms with Gasteiger partial charge in [0.25, 0.3) is 5.69 Å². The first kappa shape index (κ1) is 25.8. The first-order valence-corrected chi connectivity index (χ1v) is 11.8. The van der Waals surface area contributed by atoms with Gasteiger partial charge in [-0.05, 0) is 36.3 Å². The number of hydrogen-bond acceptors (Lipinski definition) is 9. The fraction of sp³-hybridized carbons (Fsp3) is 0.261. The molecule has 0 N–H and O–H groups in total. The van der Waals surface area contributed by atoms with Crippen LogP contribution in [0.5, 0.6) is 5.75 Å². The third-order valence-corrected chi connectivity index (χ3v) is 7.25. The predicted molar refractivity (Wildman–Crippen MR) is 126 cm³/mol. The third kappa shape index (κ3) is 8.19. The van der Waals surface area contributed by atoms with E-state index in [2.05, 4.69) is 12.0 Å². The molecule has 0 fully saturated rings. The number of carbonyl (C=O) groups excluding carboxylic acids is 2. The van der Waals surface area contributed by atoms with E-state index in [-0.39, 0.29) is 42.4 Å². The van der Waals surface area contributed by atoms with E-state index in [0.29, 0.717) is 11.3 Å². The molecule has 170 valence electrons. The van der Waals surface area contributed by atoms with Crippen LogP contribution in [0.1, 0.15) is 35.7 Å². The van der Waals surface area contributed by atoms with Crippen molar-refractivity contribution < 1.29 is 24.0 Å². The Morgan fingerprint density at radius 1 is 1.24 bits per heavy atom. The number of esters is 1. The SMILES string of the molecule is C#CCOc1ccc([N+](=O)[O-])c(COC(=O)CCC(C)(C#N)SSC(=O)c2ccccc2)c1. The number of nitrogens with zero attached hydrogens (tertiary/aromatic N) is 2. The van der Waals surface area contributed by atoms with Gasteiger partial charge in [0.1, 0.15) is 23.7 Å². The molecule has 0 saturated carbocycles. The molecule has 0 aliphatic rings. The van der Waals surface area contributed by atoms with Gasteiger partial charge in [0.15, 0.2) is 0 Å². The first-order chi connectivity index (χ1) is 15.8. The van der Waals surface area contributed by atoms with Gasteiger partial charge in [-0.2, -0.15) is 5.26 Å². The maximum absolute atomic E-state index is 12.3. The van der Waals surface area contributed by atoms with Gasteiger partial charge in [0.05, 0.1) is 16.6 Å². The molecule has 0 spiro atoms. The average molecular weight is 485 g/mol. The van der Waals surface area contributed by atoms with Crippen LogP contribution < -0.4 is 4.74 Å². The van der Waals surface area contributed by atoms with E-state index in [4.69, 9.17) is 15.9 Å². The minimum absolute atomic E-state index is 0.00770. The van der Waals surface area contributed by atoms with E-state index in [1.807, 2.05) is 0 Å². The lowest BCUT2D eigenvalue weighted by molar-refractivity contribution is -0.385. The second-order valence-corrected chi connectivity index (χ2v) is 9.47. The molecule has 2 rings (SSSR count). The van der Waals surface area contributed by atoms with Crippen LogP contribution in [-0.2, 0) is 16.1 Å². The molecule has 0 amide bonds. The fourth-order valence-electron chi connectivity index (χ4n) is 2.51. The highest BCUT2D eigenvalue weighted by Crippen LogP contribution is 2.40. The number of nitriles is 1. The summed E-state index contributed by atoms with van der Waals surface area (Å²) < 4.78 is 9.43. The Balaban J connectivity index is 1.92. The summed E-state index contributed by atoms with van der Waals surface area (Å²) >= 11 is 0. The molecule has 1 unspecified atom stereocenters. The lowest BCUT2D eigenvalue weighted by Gasteiger charge is -2.19. The van der Waals surface area contributed by atoms with Crippen LogP contribution >= 0.6 is 21.6 Å². The van der Waals surface area contributed by atoms with Crippen molar-refractivity contribution in [3.05, 3.63) is 69.8 Å². The monoisotopic (exact) mass is 484 g/mol. The zero-order chi connectivity index (χ0) is 24.3. The number of benzene rings is 2. The molecule has 10 heteroatoms. The number of nitro groups is 1. The topological polar surface area (TPSA) is 120 Å². The average Bonchev–Trinajstić information content (AvgIpc) is 2.83. The number of ether oxygens (including phenoxy) is 2. The molecule has 0 aromatic heterocycles. The largest absolute Gasteiger partial charge is 0.481 e. The molecule has 0 radical (unpaired) electrons. The minimum atomic E-state index is -1.01. The van der Waals surface area contributed by atoms with Crippen molar-refractivity contribution in [1.29, 1.82) is 5.26 Å². The van der Waals surface area contributed by atoms with Gasteiger partial charge in [0, 0.05) is 18.1 Å². The zero-order valence-corrected chi connectivity index (χ0v) is 19.3. The summed E-state index contributed by atoms with van der Waals surface area (Å²) in [5, 5.41) is 20.6. The fourth-order valence-corrected chi connectivity index (χ4v) is 4.65. The maximum atomic E-state index is 12.3. The normalized spacial score (nSPS) is 12.0. The molecule has 2 aromatic rings. The highest BCUT2D eigenvalue weighted by Gasteiger charge is 2.28. The summed E-state index contributed by atoms with van der Waals surface area (Å²) in [6.07, 6.45) is 5.18. The van der Waals surface area contributed by atoms with E-state index in [1.54, 1.807) is 37.3 Å². The number of rotatable bonds is 11. The molecule has 0 aliphatic heterocycles. The number of carbonyl (C=O) groups is 2. The Morgan fingerprint density at radius 3 is 2.61 bits per heavy atom. The smallest absolute Gasteiger partial charge is 0.306 e.